The molecule has 5 nitrogen and oxygen atoms in total. The van der Waals surface area contributed by atoms with Gasteiger partial charge < -0.3 is 9.64 Å². The number of thiophene rings is 1. The predicted molar refractivity (Wildman–Crippen MR) is 85.3 cm³/mol. The summed E-state index contributed by atoms with van der Waals surface area (Å²) < 4.78 is 5.84. The van der Waals surface area contributed by atoms with E-state index in [0.717, 1.165) is 36.2 Å². The number of nitrogens with zero attached hydrogens (tertiary/aromatic N) is 3. The Labute approximate surface area is 134 Å². The second kappa shape index (κ2) is 6.87. The molecule has 1 aliphatic heterocycles. The fourth-order valence-electron chi connectivity index (χ4n) is 2.51. The van der Waals surface area contributed by atoms with Crippen molar-refractivity contribution >= 4 is 17.2 Å². The Morgan fingerprint density at radius 1 is 1.45 bits per heavy atom. The van der Waals surface area contributed by atoms with Crippen LogP contribution in [-0.2, 0) is 6.42 Å². The third kappa shape index (κ3) is 3.44. The van der Waals surface area contributed by atoms with E-state index in [1.807, 2.05) is 22.4 Å². The van der Waals surface area contributed by atoms with Crippen LogP contribution in [0.1, 0.15) is 35.0 Å². The molecule has 1 unspecified atom stereocenters. The molecule has 1 saturated heterocycles. The molecule has 0 spiro atoms. The molecule has 116 valence electrons. The van der Waals surface area contributed by atoms with E-state index in [4.69, 9.17) is 4.74 Å². The van der Waals surface area contributed by atoms with Gasteiger partial charge in [-0.3, -0.25) is 4.79 Å². The molecule has 0 saturated carbocycles. The molecule has 3 rings (SSSR count). The summed E-state index contributed by atoms with van der Waals surface area (Å²) in [5.74, 6) is 0.0885. The molecule has 22 heavy (non-hydrogen) atoms. The summed E-state index contributed by atoms with van der Waals surface area (Å²) in [7, 11) is 0. The van der Waals surface area contributed by atoms with Crippen LogP contribution in [0, 0.1) is 0 Å². The topological polar surface area (TPSA) is 55.3 Å². The SMILES string of the molecule is CCc1cnc(OC2CCCN(C(=O)c3cccs3)C2)nc1. The molecule has 0 radical (unpaired) electrons. The summed E-state index contributed by atoms with van der Waals surface area (Å²) in [5, 5.41) is 1.92. The van der Waals surface area contributed by atoms with Crippen LogP contribution in [0.15, 0.2) is 29.9 Å². The maximum atomic E-state index is 12.4. The summed E-state index contributed by atoms with van der Waals surface area (Å²) in [5.41, 5.74) is 1.09. The fraction of sp³-hybridized carbons (Fsp3) is 0.438. The number of hydrogen-bond acceptors (Lipinski definition) is 5. The molecule has 0 aromatic carbocycles. The number of carbonyl (C=O) groups excluding carboxylic acids is 1. The van der Waals surface area contributed by atoms with E-state index in [1.165, 1.54) is 11.3 Å². The van der Waals surface area contributed by atoms with Crippen molar-refractivity contribution in [2.45, 2.75) is 32.3 Å². The number of ether oxygens (including phenoxy) is 1. The van der Waals surface area contributed by atoms with Crippen molar-refractivity contribution in [3.05, 3.63) is 40.3 Å². The monoisotopic (exact) mass is 317 g/mol. The molecule has 1 fully saturated rings. The number of amides is 1. The van der Waals surface area contributed by atoms with E-state index >= 15 is 0 Å². The number of likely N-dealkylation sites (tertiary alicyclic amines) is 1. The van der Waals surface area contributed by atoms with E-state index in [1.54, 1.807) is 12.4 Å². The van der Waals surface area contributed by atoms with Gasteiger partial charge in [-0.05, 0) is 36.3 Å². The van der Waals surface area contributed by atoms with Crippen molar-refractivity contribution in [1.29, 1.82) is 0 Å². The van der Waals surface area contributed by atoms with Crippen LogP contribution in [-0.4, -0.2) is 40.0 Å². The first-order valence-corrected chi connectivity index (χ1v) is 8.44. The summed E-state index contributed by atoms with van der Waals surface area (Å²) in [6, 6.07) is 4.16. The second-order valence-corrected chi connectivity index (χ2v) is 6.29. The van der Waals surface area contributed by atoms with Gasteiger partial charge in [-0.15, -0.1) is 11.3 Å². The van der Waals surface area contributed by atoms with Crippen LogP contribution in [0.2, 0.25) is 0 Å². The Balaban J connectivity index is 1.61. The molecule has 1 aliphatic rings. The Hall–Kier alpha value is -1.95. The number of rotatable bonds is 4. The molecule has 3 heterocycles. The highest BCUT2D eigenvalue weighted by Crippen LogP contribution is 2.19. The third-order valence-electron chi connectivity index (χ3n) is 3.76. The number of carbonyl (C=O) groups is 1. The highest BCUT2D eigenvalue weighted by atomic mass is 32.1. The average molecular weight is 317 g/mol. The van der Waals surface area contributed by atoms with E-state index in [2.05, 4.69) is 16.9 Å². The Morgan fingerprint density at radius 2 is 2.27 bits per heavy atom. The first kappa shape index (κ1) is 15.0. The molecule has 2 aromatic heterocycles. The molecule has 1 atom stereocenters. The molecule has 0 N–H and O–H groups in total. The lowest BCUT2D eigenvalue weighted by molar-refractivity contribution is 0.0520. The van der Waals surface area contributed by atoms with Crippen LogP contribution < -0.4 is 4.74 Å². The van der Waals surface area contributed by atoms with Gasteiger partial charge in [0.15, 0.2) is 0 Å². The zero-order chi connectivity index (χ0) is 15.4. The van der Waals surface area contributed by atoms with E-state index in [-0.39, 0.29) is 12.0 Å². The van der Waals surface area contributed by atoms with E-state index in [9.17, 15) is 4.79 Å². The van der Waals surface area contributed by atoms with Crippen molar-refractivity contribution in [1.82, 2.24) is 14.9 Å². The summed E-state index contributed by atoms with van der Waals surface area (Å²) in [4.78, 5) is 23.5. The van der Waals surface area contributed by atoms with Crippen LogP contribution in [0.25, 0.3) is 0 Å². The Kier molecular flexibility index (Phi) is 4.68. The zero-order valence-corrected chi connectivity index (χ0v) is 13.4. The maximum Gasteiger partial charge on any atom is 0.316 e. The quantitative estimate of drug-likeness (QED) is 0.870. The van der Waals surface area contributed by atoms with Crippen molar-refractivity contribution in [3.63, 3.8) is 0 Å². The van der Waals surface area contributed by atoms with Gasteiger partial charge >= 0.3 is 6.01 Å². The lowest BCUT2D eigenvalue weighted by Gasteiger charge is -2.32. The van der Waals surface area contributed by atoms with Gasteiger partial charge in [-0.25, -0.2) is 9.97 Å². The molecule has 0 bridgehead atoms. The van der Waals surface area contributed by atoms with Gasteiger partial charge in [0.25, 0.3) is 5.91 Å². The summed E-state index contributed by atoms with van der Waals surface area (Å²) >= 11 is 1.48. The minimum Gasteiger partial charge on any atom is -0.458 e. The lowest BCUT2D eigenvalue weighted by Crippen LogP contribution is -2.44. The van der Waals surface area contributed by atoms with Gasteiger partial charge in [0, 0.05) is 18.9 Å². The van der Waals surface area contributed by atoms with Crippen molar-refractivity contribution in [2.75, 3.05) is 13.1 Å². The van der Waals surface area contributed by atoms with Crippen molar-refractivity contribution in [2.24, 2.45) is 0 Å². The third-order valence-corrected chi connectivity index (χ3v) is 4.62. The van der Waals surface area contributed by atoms with Gasteiger partial charge in [0.05, 0.1) is 11.4 Å². The summed E-state index contributed by atoms with van der Waals surface area (Å²) in [6.07, 6.45) is 6.32. The largest absolute Gasteiger partial charge is 0.458 e. The first-order chi connectivity index (χ1) is 10.8. The number of aromatic nitrogens is 2. The highest BCUT2D eigenvalue weighted by molar-refractivity contribution is 7.12. The van der Waals surface area contributed by atoms with Gasteiger partial charge in [-0.1, -0.05) is 13.0 Å². The average Bonchev–Trinajstić information content (AvgIpc) is 3.09. The van der Waals surface area contributed by atoms with Crippen LogP contribution in [0.3, 0.4) is 0 Å². The standard InChI is InChI=1S/C16H19N3O2S/c1-2-12-9-17-16(18-10-12)21-13-5-3-7-19(11-13)15(20)14-6-4-8-22-14/h4,6,8-10,13H,2-3,5,7,11H2,1H3. The molecular formula is C16H19N3O2S. The van der Waals surface area contributed by atoms with Crippen LogP contribution in [0.4, 0.5) is 0 Å². The lowest BCUT2D eigenvalue weighted by atomic mass is 10.1. The zero-order valence-electron chi connectivity index (χ0n) is 12.6. The number of hydrogen-bond donors (Lipinski definition) is 0. The molecule has 2 aromatic rings. The normalized spacial score (nSPS) is 18.2. The van der Waals surface area contributed by atoms with Crippen LogP contribution in [0.5, 0.6) is 6.01 Å². The van der Waals surface area contributed by atoms with Gasteiger partial charge in [-0.2, -0.15) is 0 Å². The van der Waals surface area contributed by atoms with Crippen molar-refractivity contribution in [3.8, 4) is 6.01 Å². The molecule has 1 amide bonds. The Bertz CT molecular complexity index is 613. The minimum absolute atomic E-state index is 0.0369. The van der Waals surface area contributed by atoms with Crippen LogP contribution >= 0.6 is 11.3 Å². The second-order valence-electron chi connectivity index (χ2n) is 5.34. The van der Waals surface area contributed by atoms with Gasteiger partial charge in [0.1, 0.15) is 6.10 Å². The first-order valence-electron chi connectivity index (χ1n) is 7.56. The summed E-state index contributed by atoms with van der Waals surface area (Å²) in [6.45, 7) is 3.44. The highest BCUT2D eigenvalue weighted by Gasteiger charge is 2.26. The number of aryl methyl sites for hydroxylation is 1. The predicted octanol–water partition coefficient (Wildman–Crippen LogP) is 2.78. The fourth-order valence-corrected chi connectivity index (χ4v) is 3.20. The molecular weight excluding hydrogens is 298 g/mol. The molecule has 0 aliphatic carbocycles. The minimum atomic E-state index is -0.0369. The maximum absolute atomic E-state index is 12.4. The van der Waals surface area contributed by atoms with Gasteiger partial charge in [0.2, 0.25) is 0 Å². The Morgan fingerprint density at radius 3 is 2.95 bits per heavy atom. The van der Waals surface area contributed by atoms with Crippen molar-refractivity contribution < 1.29 is 9.53 Å². The molecule has 6 heteroatoms. The van der Waals surface area contributed by atoms with E-state index < -0.39 is 0 Å². The number of piperidine rings is 1. The smallest absolute Gasteiger partial charge is 0.316 e. The van der Waals surface area contributed by atoms with E-state index in [0.29, 0.717) is 12.6 Å².